The largest absolute Gasteiger partial charge is 0.454 e. The molecule has 4 rings (SSSR count). The molecule has 0 aliphatic carbocycles. The van der Waals surface area contributed by atoms with Gasteiger partial charge in [0.05, 0.1) is 12.2 Å². The standard InChI is InChI=1S/C19H19N3O2/c1-14(16-5-3-2-4-6-16)9-17-12-22(21-20-17)11-15-7-8-18-19(10-15)24-13-23-18/h2-8,10,12,14H,9,11,13H2,1H3. The zero-order valence-electron chi connectivity index (χ0n) is 13.6. The summed E-state index contributed by atoms with van der Waals surface area (Å²) in [6, 6.07) is 16.5. The van der Waals surface area contributed by atoms with Crippen molar-refractivity contribution in [1.29, 1.82) is 0 Å². The molecule has 1 aliphatic rings. The fraction of sp³-hybridized carbons (Fsp3) is 0.263. The summed E-state index contributed by atoms with van der Waals surface area (Å²) in [5, 5.41) is 8.55. The molecule has 0 bridgehead atoms. The molecular weight excluding hydrogens is 302 g/mol. The first kappa shape index (κ1) is 14.8. The van der Waals surface area contributed by atoms with Gasteiger partial charge in [-0.15, -0.1) is 5.10 Å². The molecule has 5 heteroatoms. The molecule has 0 N–H and O–H groups in total. The monoisotopic (exact) mass is 321 g/mol. The van der Waals surface area contributed by atoms with Crippen LogP contribution in [0.4, 0.5) is 0 Å². The number of nitrogens with zero attached hydrogens (tertiary/aromatic N) is 3. The molecule has 0 fully saturated rings. The summed E-state index contributed by atoms with van der Waals surface area (Å²) in [7, 11) is 0. The Balaban J connectivity index is 1.43. The third-order valence-corrected chi connectivity index (χ3v) is 4.25. The van der Waals surface area contributed by atoms with Crippen LogP contribution in [0.5, 0.6) is 11.5 Å². The van der Waals surface area contributed by atoms with Gasteiger partial charge in [-0.05, 0) is 35.6 Å². The maximum absolute atomic E-state index is 5.42. The van der Waals surface area contributed by atoms with Crippen LogP contribution in [0.1, 0.15) is 29.7 Å². The number of hydrogen-bond donors (Lipinski definition) is 0. The Morgan fingerprint density at radius 3 is 2.79 bits per heavy atom. The van der Waals surface area contributed by atoms with Gasteiger partial charge in [-0.25, -0.2) is 4.68 Å². The van der Waals surface area contributed by atoms with E-state index in [1.54, 1.807) is 0 Å². The highest BCUT2D eigenvalue weighted by atomic mass is 16.7. The molecule has 1 atom stereocenters. The van der Waals surface area contributed by atoms with Crippen molar-refractivity contribution in [3.63, 3.8) is 0 Å². The smallest absolute Gasteiger partial charge is 0.231 e. The van der Waals surface area contributed by atoms with E-state index in [4.69, 9.17) is 9.47 Å². The molecule has 24 heavy (non-hydrogen) atoms. The first-order valence-corrected chi connectivity index (χ1v) is 8.10. The zero-order valence-corrected chi connectivity index (χ0v) is 13.6. The summed E-state index contributed by atoms with van der Waals surface area (Å²) in [5.41, 5.74) is 3.45. The lowest BCUT2D eigenvalue weighted by Crippen LogP contribution is -2.00. The summed E-state index contributed by atoms with van der Waals surface area (Å²) < 4.78 is 12.6. The number of benzene rings is 2. The van der Waals surface area contributed by atoms with E-state index >= 15 is 0 Å². The molecule has 0 spiro atoms. The molecule has 0 saturated heterocycles. The van der Waals surface area contributed by atoms with Crippen LogP contribution in [-0.4, -0.2) is 21.8 Å². The molecule has 0 radical (unpaired) electrons. The SMILES string of the molecule is CC(Cc1cn(Cc2ccc3c(c2)OCO3)nn1)c1ccccc1. The fourth-order valence-corrected chi connectivity index (χ4v) is 2.95. The summed E-state index contributed by atoms with van der Waals surface area (Å²) >= 11 is 0. The summed E-state index contributed by atoms with van der Waals surface area (Å²) in [6.45, 7) is 3.18. The van der Waals surface area contributed by atoms with Crippen molar-refractivity contribution in [2.75, 3.05) is 6.79 Å². The van der Waals surface area contributed by atoms with E-state index in [1.165, 1.54) is 5.56 Å². The third-order valence-electron chi connectivity index (χ3n) is 4.25. The van der Waals surface area contributed by atoms with Crippen LogP contribution in [-0.2, 0) is 13.0 Å². The van der Waals surface area contributed by atoms with Crippen LogP contribution >= 0.6 is 0 Å². The Labute approximate surface area is 140 Å². The molecule has 1 unspecified atom stereocenters. The lowest BCUT2D eigenvalue weighted by atomic mass is 9.97. The number of hydrogen-bond acceptors (Lipinski definition) is 4. The van der Waals surface area contributed by atoms with E-state index in [9.17, 15) is 0 Å². The van der Waals surface area contributed by atoms with E-state index < -0.39 is 0 Å². The number of aromatic nitrogens is 3. The van der Waals surface area contributed by atoms with Crippen LogP contribution < -0.4 is 9.47 Å². The van der Waals surface area contributed by atoms with Gasteiger partial charge < -0.3 is 9.47 Å². The molecule has 122 valence electrons. The van der Waals surface area contributed by atoms with E-state index in [0.717, 1.165) is 29.2 Å². The van der Waals surface area contributed by atoms with Gasteiger partial charge in [0.25, 0.3) is 0 Å². The number of fused-ring (bicyclic) bond motifs is 1. The third kappa shape index (κ3) is 3.11. The Bertz CT molecular complexity index is 830. The Morgan fingerprint density at radius 2 is 1.92 bits per heavy atom. The maximum Gasteiger partial charge on any atom is 0.231 e. The molecule has 1 aromatic heterocycles. The van der Waals surface area contributed by atoms with Crippen molar-refractivity contribution >= 4 is 0 Å². The number of rotatable bonds is 5. The highest BCUT2D eigenvalue weighted by Gasteiger charge is 2.14. The number of ether oxygens (including phenoxy) is 2. The topological polar surface area (TPSA) is 49.2 Å². The van der Waals surface area contributed by atoms with Crippen LogP contribution in [0.15, 0.2) is 54.7 Å². The Morgan fingerprint density at radius 1 is 1.08 bits per heavy atom. The molecule has 2 aromatic carbocycles. The van der Waals surface area contributed by atoms with Crippen molar-refractivity contribution in [3.05, 3.63) is 71.5 Å². The van der Waals surface area contributed by atoms with Crippen LogP contribution in [0.2, 0.25) is 0 Å². The van der Waals surface area contributed by atoms with E-state index in [1.807, 2.05) is 35.1 Å². The molecule has 0 saturated carbocycles. The quantitative estimate of drug-likeness (QED) is 0.722. The molecule has 2 heterocycles. The minimum Gasteiger partial charge on any atom is -0.454 e. The molecule has 0 amide bonds. The lowest BCUT2D eigenvalue weighted by Gasteiger charge is -2.09. The minimum absolute atomic E-state index is 0.295. The zero-order chi connectivity index (χ0) is 16.4. The van der Waals surface area contributed by atoms with Gasteiger partial charge in [-0.1, -0.05) is 48.5 Å². The second-order valence-electron chi connectivity index (χ2n) is 6.11. The summed E-state index contributed by atoms with van der Waals surface area (Å²) in [5.74, 6) is 2.02. The van der Waals surface area contributed by atoms with Gasteiger partial charge in [-0.3, -0.25) is 0 Å². The van der Waals surface area contributed by atoms with Crippen molar-refractivity contribution in [2.45, 2.75) is 25.8 Å². The average molecular weight is 321 g/mol. The van der Waals surface area contributed by atoms with Crippen molar-refractivity contribution < 1.29 is 9.47 Å². The van der Waals surface area contributed by atoms with Gasteiger partial charge in [-0.2, -0.15) is 0 Å². The van der Waals surface area contributed by atoms with Gasteiger partial charge in [0.15, 0.2) is 11.5 Å². The predicted molar refractivity (Wildman–Crippen MR) is 90.3 cm³/mol. The highest BCUT2D eigenvalue weighted by molar-refractivity contribution is 5.44. The lowest BCUT2D eigenvalue weighted by molar-refractivity contribution is 0.174. The van der Waals surface area contributed by atoms with Crippen molar-refractivity contribution in [2.24, 2.45) is 0 Å². The maximum atomic E-state index is 5.42. The fourth-order valence-electron chi connectivity index (χ4n) is 2.95. The predicted octanol–water partition coefficient (Wildman–Crippen LogP) is 3.40. The first-order chi connectivity index (χ1) is 11.8. The summed E-state index contributed by atoms with van der Waals surface area (Å²) in [6.07, 6.45) is 2.90. The van der Waals surface area contributed by atoms with Gasteiger partial charge in [0.1, 0.15) is 0 Å². The second kappa shape index (κ2) is 6.35. The minimum atomic E-state index is 0.295. The molecule has 3 aromatic rings. The van der Waals surface area contributed by atoms with Crippen LogP contribution in [0.25, 0.3) is 0 Å². The molecule has 5 nitrogen and oxygen atoms in total. The Kier molecular flexibility index (Phi) is 3.91. The van der Waals surface area contributed by atoms with Crippen LogP contribution in [0, 0.1) is 0 Å². The second-order valence-corrected chi connectivity index (χ2v) is 6.11. The summed E-state index contributed by atoms with van der Waals surface area (Å²) in [4.78, 5) is 0. The Hall–Kier alpha value is -2.82. The van der Waals surface area contributed by atoms with E-state index in [0.29, 0.717) is 19.3 Å². The van der Waals surface area contributed by atoms with Crippen LogP contribution in [0.3, 0.4) is 0 Å². The molecular formula is C19H19N3O2. The van der Waals surface area contributed by atoms with Crippen molar-refractivity contribution in [3.8, 4) is 11.5 Å². The normalized spacial score (nSPS) is 13.9. The van der Waals surface area contributed by atoms with Gasteiger partial charge in [0.2, 0.25) is 6.79 Å². The van der Waals surface area contributed by atoms with E-state index in [2.05, 4.69) is 41.5 Å². The van der Waals surface area contributed by atoms with Crippen molar-refractivity contribution in [1.82, 2.24) is 15.0 Å². The highest BCUT2D eigenvalue weighted by Crippen LogP contribution is 2.32. The molecule has 1 aliphatic heterocycles. The van der Waals surface area contributed by atoms with Gasteiger partial charge >= 0.3 is 0 Å². The first-order valence-electron chi connectivity index (χ1n) is 8.10. The van der Waals surface area contributed by atoms with E-state index in [-0.39, 0.29) is 0 Å². The van der Waals surface area contributed by atoms with Gasteiger partial charge in [0, 0.05) is 6.20 Å². The average Bonchev–Trinajstić information content (AvgIpc) is 3.24.